The van der Waals surface area contributed by atoms with Crippen LogP contribution in [-0.2, 0) is 26.2 Å². The van der Waals surface area contributed by atoms with Crippen molar-refractivity contribution in [2.75, 3.05) is 17.4 Å². The fourth-order valence-electron chi connectivity index (χ4n) is 3.72. The zero-order valence-electron chi connectivity index (χ0n) is 20.8. The van der Waals surface area contributed by atoms with Crippen LogP contribution in [0.4, 0.5) is 11.4 Å². The van der Waals surface area contributed by atoms with E-state index in [-0.39, 0.29) is 22.8 Å². The minimum absolute atomic E-state index is 0.0645. The van der Waals surface area contributed by atoms with Crippen LogP contribution < -0.4 is 9.62 Å². The van der Waals surface area contributed by atoms with Crippen LogP contribution >= 0.6 is 11.6 Å². The van der Waals surface area contributed by atoms with E-state index in [1.165, 1.54) is 54.3 Å². The number of likely N-dealkylation sites (N-methyl/N-ethyl adjacent to an activating group) is 1. The van der Waals surface area contributed by atoms with Gasteiger partial charge < -0.3 is 10.2 Å². The summed E-state index contributed by atoms with van der Waals surface area (Å²) in [5.74, 6) is -1.13. The van der Waals surface area contributed by atoms with Gasteiger partial charge in [0.25, 0.3) is 15.7 Å². The highest BCUT2D eigenvalue weighted by Crippen LogP contribution is 2.28. The molecule has 0 aromatic heterocycles. The number of nitrogens with zero attached hydrogens (tertiary/aromatic N) is 3. The highest BCUT2D eigenvalue weighted by Gasteiger charge is 2.33. The topological polar surface area (TPSA) is 130 Å². The summed E-state index contributed by atoms with van der Waals surface area (Å²) >= 11 is 6.31. The largest absolute Gasteiger partial charge is 0.355 e. The Labute approximate surface area is 226 Å². The van der Waals surface area contributed by atoms with Crippen LogP contribution in [0.15, 0.2) is 83.8 Å². The SMILES string of the molecule is CCNC(=O)C(C)N(Cc1ccccc1Cl)C(=O)CN(c1cccc([N+](=O)[O-])c1)S(=O)(=O)c1ccccc1. The number of carbonyl (C=O) groups excluding carboxylic acids is 2. The molecule has 0 radical (unpaired) electrons. The van der Waals surface area contributed by atoms with Gasteiger partial charge in [-0.25, -0.2) is 8.42 Å². The van der Waals surface area contributed by atoms with Crippen molar-refractivity contribution in [1.29, 1.82) is 0 Å². The lowest BCUT2D eigenvalue weighted by molar-refractivity contribution is -0.384. The number of anilines is 1. The van der Waals surface area contributed by atoms with E-state index < -0.39 is 39.3 Å². The molecule has 0 aliphatic rings. The van der Waals surface area contributed by atoms with Crippen molar-refractivity contribution in [2.45, 2.75) is 31.3 Å². The van der Waals surface area contributed by atoms with Crippen LogP contribution in [-0.4, -0.2) is 49.2 Å². The Kier molecular flexibility index (Phi) is 9.43. The predicted molar refractivity (Wildman–Crippen MR) is 144 cm³/mol. The fourth-order valence-corrected chi connectivity index (χ4v) is 5.35. The van der Waals surface area contributed by atoms with Gasteiger partial charge in [-0.15, -0.1) is 0 Å². The molecule has 0 aliphatic carbocycles. The van der Waals surface area contributed by atoms with Gasteiger partial charge in [-0.3, -0.25) is 24.0 Å². The molecule has 3 aromatic carbocycles. The number of rotatable bonds is 11. The first kappa shape index (κ1) is 28.6. The molecule has 3 aromatic rings. The highest BCUT2D eigenvalue weighted by atomic mass is 35.5. The quantitative estimate of drug-likeness (QED) is 0.280. The molecule has 2 amide bonds. The monoisotopic (exact) mass is 558 g/mol. The van der Waals surface area contributed by atoms with Gasteiger partial charge in [0, 0.05) is 30.2 Å². The lowest BCUT2D eigenvalue weighted by Gasteiger charge is -2.32. The first-order valence-corrected chi connectivity index (χ1v) is 13.5. The number of carbonyl (C=O) groups is 2. The Bertz CT molecular complexity index is 1420. The van der Waals surface area contributed by atoms with E-state index in [0.29, 0.717) is 17.1 Å². The summed E-state index contributed by atoms with van der Waals surface area (Å²) < 4.78 is 28.2. The molecule has 3 rings (SSSR count). The Morgan fingerprint density at radius 1 is 1.03 bits per heavy atom. The van der Waals surface area contributed by atoms with Crippen molar-refractivity contribution in [3.05, 3.63) is 99.6 Å². The summed E-state index contributed by atoms with van der Waals surface area (Å²) in [4.78, 5) is 38.3. The number of sulfonamides is 1. The number of nitrogens with one attached hydrogen (secondary N) is 1. The van der Waals surface area contributed by atoms with Crippen LogP contribution in [0.1, 0.15) is 19.4 Å². The number of hydrogen-bond acceptors (Lipinski definition) is 6. The van der Waals surface area contributed by atoms with E-state index in [2.05, 4.69) is 5.32 Å². The van der Waals surface area contributed by atoms with Crippen molar-refractivity contribution in [3.8, 4) is 0 Å². The average molecular weight is 559 g/mol. The van der Waals surface area contributed by atoms with Crippen LogP contribution in [0.3, 0.4) is 0 Å². The molecule has 0 saturated heterocycles. The smallest absolute Gasteiger partial charge is 0.271 e. The second kappa shape index (κ2) is 12.5. The molecule has 0 saturated carbocycles. The molecular formula is C26H27ClN4O6S. The van der Waals surface area contributed by atoms with Crippen LogP contribution in [0.5, 0.6) is 0 Å². The summed E-state index contributed by atoms with van der Waals surface area (Å²) in [6, 6.07) is 18.3. The minimum atomic E-state index is -4.33. The summed E-state index contributed by atoms with van der Waals surface area (Å²) in [7, 11) is -4.33. The number of amides is 2. The van der Waals surface area contributed by atoms with E-state index in [4.69, 9.17) is 11.6 Å². The van der Waals surface area contributed by atoms with E-state index in [0.717, 1.165) is 10.4 Å². The van der Waals surface area contributed by atoms with E-state index in [1.54, 1.807) is 37.3 Å². The maximum atomic E-state index is 13.8. The number of benzene rings is 3. The standard InChI is InChI=1S/C26H27ClN4O6S/c1-3-28-26(33)19(2)29(17-20-10-7-8-15-24(20)27)25(32)18-30(21-11-9-12-22(16-21)31(34)35)38(36,37)23-13-5-4-6-14-23/h4-16,19H,3,17-18H2,1-2H3,(H,28,33). The lowest BCUT2D eigenvalue weighted by Crippen LogP contribution is -2.51. The number of halogens is 1. The van der Waals surface area contributed by atoms with Crippen molar-refractivity contribution < 1.29 is 22.9 Å². The molecule has 200 valence electrons. The Morgan fingerprint density at radius 3 is 2.32 bits per heavy atom. The zero-order chi connectivity index (χ0) is 27.9. The summed E-state index contributed by atoms with van der Waals surface area (Å²) in [5.41, 5.74) is 0.151. The van der Waals surface area contributed by atoms with Crippen molar-refractivity contribution >= 4 is 44.8 Å². The second-order valence-corrected chi connectivity index (χ2v) is 10.6. The van der Waals surface area contributed by atoms with Gasteiger partial charge in [0.1, 0.15) is 12.6 Å². The Morgan fingerprint density at radius 2 is 1.68 bits per heavy atom. The van der Waals surface area contributed by atoms with Gasteiger partial charge in [0.15, 0.2) is 0 Å². The Hall–Kier alpha value is -3.96. The maximum Gasteiger partial charge on any atom is 0.271 e. The summed E-state index contributed by atoms with van der Waals surface area (Å²) in [6.45, 7) is 2.82. The second-order valence-electron chi connectivity index (χ2n) is 8.29. The summed E-state index contributed by atoms with van der Waals surface area (Å²) in [5, 5.41) is 14.4. The van der Waals surface area contributed by atoms with E-state index in [1.807, 2.05) is 0 Å². The zero-order valence-corrected chi connectivity index (χ0v) is 22.4. The fraction of sp³-hybridized carbons (Fsp3) is 0.231. The third-order valence-electron chi connectivity index (χ3n) is 5.76. The molecule has 1 N–H and O–H groups in total. The molecule has 0 bridgehead atoms. The van der Waals surface area contributed by atoms with E-state index >= 15 is 0 Å². The summed E-state index contributed by atoms with van der Waals surface area (Å²) in [6.07, 6.45) is 0. The van der Waals surface area contributed by atoms with Crippen molar-refractivity contribution in [3.63, 3.8) is 0 Å². The molecule has 1 atom stereocenters. The number of nitro groups is 1. The van der Waals surface area contributed by atoms with Crippen LogP contribution in [0.2, 0.25) is 5.02 Å². The van der Waals surface area contributed by atoms with Crippen LogP contribution in [0, 0.1) is 10.1 Å². The third kappa shape index (κ3) is 6.67. The molecule has 12 heteroatoms. The molecule has 38 heavy (non-hydrogen) atoms. The molecule has 10 nitrogen and oxygen atoms in total. The predicted octanol–water partition coefficient (Wildman–Crippen LogP) is 4.00. The first-order chi connectivity index (χ1) is 18.1. The molecule has 0 spiro atoms. The molecular weight excluding hydrogens is 532 g/mol. The molecule has 0 aliphatic heterocycles. The van der Waals surface area contributed by atoms with Gasteiger partial charge in [-0.2, -0.15) is 0 Å². The number of non-ortho nitro benzene ring substituents is 1. The highest BCUT2D eigenvalue weighted by molar-refractivity contribution is 7.92. The Balaban J connectivity index is 2.07. The maximum absolute atomic E-state index is 13.8. The normalized spacial score (nSPS) is 11.9. The van der Waals surface area contributed by atoms with E-state index in [9.17, 15) is 28.1 Å². The number of nitro benzene ring substituents is 1. The van der Waals surface area contributed by atoms with Crippen LogP contribution in [0.25, 0.3) is 0 Å². The molecule has 1 unspecified atom stereocenters. The van der Waals surface area contributed by atoms with Crippen molar-refractivity contribution in [2.24, 2.45) is 0 Å². The average Bonchev–Trinajstić information content (AvgIpc) is 2.91. The van der Waals surface area contributed by atoms with Gasteiger partial charge in [-0.05, 0) is 43.7 Å². The van der Waals surface area contributed by atoms with Crippen molar-refractivity contribution in [1.82, 2.24) is 10.2 Å². The van der Waals surface area contributed by atoms with Gasteiger partial charge >= 0.3 is 0 Å². The number of hydrogen-bond donors (Lipinski definition) is 1. The van der Waals surface area contributed by atoms with Gasteiger partial charge in [0.05, 0.1) is 15.5 Å². The molecule has 0 heterocycles. The van der Waals surface area contributed by atoms with Gasteiger partial charge in [0.2, 0.25) is 11.8 Å². The van der Waals surface area contributed by atoms with Gasteiger partial charge in [-0.1, -0.05) is 54.1 Å². The molecule has 0 fully saturated rings. The lowest BCUT2D eigenvalue weighted by atomic mass is 10.1. The third-order valence-corrected chi connectivity index (χ3v) is 7.91. The minimum Gasteiger partial charge on any atom is -0.355 e. The first-order valence-electron chi connectivity index (χ1n) is 11.7.